The van der Waals surface area contributed by atoms with Crippen molar-refractivity contribution in [2.45, 2.75) is 44.8 Å². The first-order chi connectivity index (χ1) is 16.6. The zero-order valence-electron chi connectivity index (χ0n) is 19.3. The summed E-state index contributed by atoms with van der Waals surface area (Å²) in [6.07, 6.45) is 6.83. The smallest absolute Gasteiger partial charge is 0.229 e. The lowest BCUT2D eigenvalue weighted by Crippen LogP contribution is -2.29. The molecule has 0 aliphatic heterocycles. The third kappa shape index (κ3) is 5.24. The zero-order chi connectivity index (χ0) is 23.3. The second-order valence-electron chi connectivity index (χ2n) is 8.89. The van der Waals surface area contributed by atoms with E-state index in [9.17, 15) is 5.11 Å². The molecule has 0 unspecified atom stereocenters. The zero-order valence-corrected chi connectivity index (χ0v) is 19.3. The SMILES string of the molecule is Cc1ccc(-c2ccc(Nc3ncc(-c4ccccn4)c(NC4CCC(O)CC4)n3)cc2)cc1. The van der Waals surface area contributed by atoms with Crippen LogP contribution in [-0.4, -0.2) is 32.2 Å². The highest BCUT2D eigenvalue weighted by Gasteiger charge is 2.21. The van der Waals surface area contributed by atoms with Gasteiger partial charge < -0.3 is 15.7 Å². The number of anilines is 3. The summed E-state index contributed by atoms with van der Waals surface area (Å²) in [4.78, 5) is 13.9. The van der Waals surface area contributed by atoms with Gasteiger partial charge >= 0.3 is 0 Å². The molecule has 0 bridgehead atoms. The molecule has 1 aliphatic rings. The lowest BCUT2D eigenvalue weighted by atomic mass is 9.93. The number of aromatic nitrogens is 3. The predicted molar refractivity (Wildman–Crippen MR) is 137 cm³/mol. The van der Waals surface area contributed by atoms with Crippen molar-refractivity contribution < 1.29 is 5.11 Å². The van der Waals surface area contributed by atoms with Crippen molar-refractivity contribution in [2.24, 2.45) is 0 Å². The van der Waals surface area contributed by atoms with Crippen molar-refractivity contribution in [3.05, 3.63) is 84.7 Å². The van der Waals surface area contributed by atoms with Crippen LogP contribution >= 0.6 is 0 Å². The molecule has 0 amide bonds. The van der Waals surface area contributed by atoms with Crippen molar-refractivity contribution in [3.63, 3.8) is 0 Å². The molecule has 0 spiro atoms. The van der Waals surface area contributed by atoms with E-state index in [-0.39, 0.29) is 12.1 Å². The van der Waals surface area contributed by atoms with Gasteiger partial charge in [0.1, 0.15) is 5.82 Å². The molecule has 6 heteroatoms. The van der Waals surface area contributed by atoms with Crippen molar-refractivity contribution in [1.29, 1.82) is 0 Å². The van der Waals surface area contributed by atoms with E-state index in [2.05, 4.69) is 63.9 Å². The lowest BCUT2D eigenvalue weighted by molar-refractivity contribution is 0.126. The number of pyridine rings is 1. The summed E-state index contributed by atoms with van der Waals surface area (Å²) in [7, 11) is 0. The molecule has 0 radical (unpaired) electrons. The molecule has 172 valence electrons. The Kier molecular flexibility index (Phi) is 6.49. The van der Waals surface area contributed by atoms with Gasteiger partial charge in [-0.15, -0.1) is 0 Å². The van der Waals surface area contributed by atoms with Crippen LogP contribution in [0.1, 0.15) is 31.2 Å². The van der Waals surface area contributed by atoms with Crippen LogP contribution in [0, 0.1) is 6.92 Å². The molecule has 5 rings (SSSR count). The van der Waals surface area contributed by atoms with Crippen molar-refractivity contribution in [3.8, 4) is 22.4 Å². The molecule has 0 atom stereocenters. The van der Waals surface area contributed by atoms with Crippen LogP contribution in [0.25, 0.3) is 22.4 Å². The molecule has 1 saturated carbocycles. The van der Waals surface area contributed by atoms with Crippen LogP contribution in [0.5, 0.6) is 0 Å². The van der Waals surface area contributed by atoms with Crippen molar-refractivity contribution in [1.82, 2.24) is 15.0 Å². The standard InChI is InChI=1S/C28H29N5O/c1-19-5-7-20(8-6-19)21-9-11-23(12-10-21)32-28-30-18-25(26-4-2-3-17-29-26)27(33-28)31-22-13-15-24(34)16-14-22/h2-12,17-18,22,24,34H,13-16H2,1H3,(H2,30,31,32,33). The van der Waals surface area contributed by atoms with Gasteiger partial charge in [-0.3, -0.25) is 4.98 Å². The Morgan fingerprint density at radius 2 is 1.53 bits per heavy atom. The topological polar surface area (TPSA) is 83.0 Å². The Labute approximate surface area is 200 Å². The van der Waals surface area contributed by atoms with E-state index in [0.29, 0.717) is 5.95 Å². The van der Waals surface area contributed by atoms with E-state index in [1.807, 2.05) is 36.5 Å². The maximum Gasteiger partial charge on any atom is 0.229 e. The molecular weight excluding hydrogens is 422 g/mol. The molecule has 1 fully saturated rings. The third-order valence-corrected chi connectivity index (χ3v) is 6.29. The molecule has 4 aromatic rings. The van der Waals surface area contributed by atoms with Gasteiger partial charge in [0.2, 0.25) is 5.95 Å². The van der Waals surface area contributed by atoms with E-state index in [1.54, 1.807) is 6.20 Å². The summed E-state index contributed by atoms with van der Waals surface area (Å²) < 4.78 is 0. The van der Waals surface area contributed by atoms with E-state index in [1.165, 1.54) is 16.7 Å². The van der Waals surface area contributed by atoms with Crippen LogP contribution in [0.2, 0.25) is 0 Å². The average molecular weight is 452 g/mol. The number of nitrogens with one attached hydrogen (secondary N) is 2. The predicted octanol–water partition coefficient (Wildman–Crippen LogP) is 5.97. The molecule has 2 aromatic heterocycles. The van der Waals surface area contributed by atoms with Gasteiger partial charge in [-0.25, -0.2) is 4.98 Å². The summed E-state index contributed by atoms with van der Waals surface area (Å²) in [6, 6.07) is 22.9. The van der Waals surface area contributed by atoms with Crippen LogP contribution < -0.4 is 10.6 Å². The summed E-state index contributed by atoms with van der Waals surface area (Å²) in [6.45, 7) is 2.09. The molecular formula is C28H29N5O. The molecule has 1 aliphatic carbocycles. The Balaban J connectivity index is 1.37. The minimum atomic E-state index is -0.196. The number of aliphatic hydroxyl groups excluding tert-OH is 1. The number of benzene rings is 2. The van der Waals surface area contributed by atoms with Crippen LogP contribution in [0.15, 0.2) is 79.1 Å². The summed E-state index contributed by atoms with van der Waals surface area (Å²) in [5.41, 5.74) is 6.23. The summed E-state index contributed by atoms with van der Waals surface area (Å²) >= 11 is 0. The minimum absolute atomic E-state index is 0.196. The number of hydrogen-bond donors (Lipinski definition) is 3. The normalized spacial score (nSPS) is 17.8. The first-order valence-electron chi connectivity index (χ1n) is 11.8. The van der Waals surface area contributed by atoms with E-state index >= 15 is 0 Å². The third-order valence-electron chi connectivity index (χ3n) is 6.29. The fraction of sp³-hybridized carbons (Fsp3) is 0.250. The van der Waals surface area contributed by atoms with Gasteiger partial charge in [0.05, 0.1) is 17.4 Å². The fourth-order valence-electron chi connectivity index (χ4n) is 4.30. The lowest BCUT2D eigenvalue weighted by Gasteiger charge is -2.27. The van der Waals surface area contributed by atoms with Gasteiger partial charge in [-0.05, 0) is 68.0 Å². The van der Waals surface area contributed by atoms with Crippen molar-refractivity contribution in [2.75, 3.05) is 10.6 Å². The quantitative estimate of drug-likeness (QED) is 0.335. The minimum Gasteiger partial charge on any atom is -0.393 e. The molecule has 0 saturated heterocycles. The maximum atomic E-state index is 9.86. The molecule has 34 heavy (non-hydrogen) atoms. The number of nitrogens with zero attached hydrogens (tertiary/aromatic N) is 3. The molecule has 2 aromatic carbocycles. The van der Waals surface area contributed by atoms with Gasteiger partial charge in [-0.1, -0.05) is 48.0 Å². The van der Waals surface area contributed by atoms with Gasteiger partial charge in [0.15, 0.2) is 0 Å². The highest BCUT2D eigenvalue weighted by atomic mass is 16.3. The number of rotatable bonds is 6. The Morgan fingerprint density at radius 1 is 0.824 bits per heavy atom. The highest BCUT2D eigenvalue weighted by Crippen LogP contribution is 2.30. The number of aryl methyl sites for hydroxylation is 1. The number of aliphatic hydroxyl groups is 1. The fourth-order valence-corrected chi connectivity index (χ4v) is 4.30. The first kappa shape index (κ1) is 22.0. The van der Waals surface area contributed by atoms with Crippen LogP contribution in [0.3, 0.4) is 0 Å². The monoisotopic (exact) mass is 451 g/mol. The second kappa shape index (κ2) is 10.0. The molecule has 2 heterocycles. The van der Waals surface area contributed by atoms with Crippen molar-refractivity contribution >= 4 is 17.5 Å². The summed E-state index contributed by atoms with van der Waals surface area (Å²) in [5.74, 6) is 1.29. The van der Waals surface area contributed by atoms with E-state index in [4.69, 9.17) is 4.98 Å². The first-order valence-corrected chi connectivity index (χ1v) is 11.8. The Hall–Kier alpha value is -3.77. The molecule has 3 N–H and O–H groups in total. The Bertz CT molecular complexity index is 1220. The maximum absolute atomic E-state index is 9.86. The van der Waals surface area contributed by atoms with Crippen LogP contribution in [-0.2, 0) is 0 Å². The Morgan fingerprint density at radius 3 is 2.21 bits per heavy atom. The molecule has 6 nitrogen and oxygen atoms in total. The second-order valence-corrected chi connectivity index (χ2v) is 8.89. The van der Waals surface area contributed by atoms with E-state index < -0.39 is 0 Å². The van der Waals surface area contributed by atoms with E-state index in [0.717, 1.165) is 48.4 Å². The highest BCUT2D eigenvalue weighted by molar-refractivity contribution is 5.74. The van der Waals surface area contributed by atoms with Gasteiger partial charge in [-0.2, -0.15) is 4.98 Å². The largest absolute Gasteiger partial charge is 0.393 e. The summed E-state index contributed by atoms with van der Waals surface area (Å²) in [5, 5.41) is 16.8. The number of hydrogen-bond acceptors (Lipinski definition) is 6. The van der Waals surface area contributed by atoms with Crippen LogP contribution in [0.4, 0.5) is 17.5 Å². The van der Waals surface area contributed by atoms with Gasteiger partial charge in [0.25, 0.3) is 0 Å². The van der Waals surface area contributed by atoms with Gasteiger partial charge in [0, 0.05) is 24.1 Å². The average Bonchev–Trinajstić information content (AvgIpc) is 2.87.